The van der Waals surface area contributed by atoms with E-state index in [1.165, 1.54) is 30.6 Å². The van der Waals surface area contributed by atoms with Crippen LogP contribution < -0.4 is 4.74 Å². The summed E-state index contributed by atoms with van der Waals surface area (Å²) in [4.78, 5) is 23.8. The molecule has 1 atom stereocenters. The Kier molecular flexibility index (Phi) is 7.33. The second kappa shape index (κ2) is 11.1. The monoisotopic (exact) mass is 590 g/mol. The van der Waals surface area contributed by atoms with Crippen molar-refractivity contribution < 1.29 is 23.0 Å². The molecule has 0 radical (unpaired) electrons. The molecular weight excluding hydrogens is 562 g/mol. The molecule has 12 heteroatoms. The van der Waals surface area contributed by atoms with Gasteiger partial charge in [-0.15, -0.1) is 11.3 Å². The van der Waals surface area contributed by atoms with Crippen LogP contribution in [0.2, 0.25) is 0 Å². The van der Waals surface area contributed by atoms with Gasteiger partial charge in [0.15, 0.2) is 0 Å². The molecule has 5 heterocycles. The molecule has 1 aromatic carbocycles. The van der Waals surface area contributed by atoms with E-state index in [0.29, 0.717) is 41.4 Å². The molecular formula is C30H28F2N6O3S. The zero-order valence-electron chi connectivity index (χ0n) is 23.3. The number of fused-ring (bicyclic) bond motifs is 2. The number of nitrogens with zero attached hydrogens (tertiary/aromatic N) is 6. The van der Waals surface area contributed by atoms with Gasteiger partial charge in [-0.25, -0.2) is 18.7 Å². The fourth-order valence-corrected chi connectivity index (χ4v) is 6.30. The molecule has 0 aliphatic carbocycles. The molecule has 0 saturated carbocycles. The Balaban J connectivity index is 1.63. The molecule has 1 aliphatic heterocycles. The Morgan fingerprint density at radius 2 is 2.00 bits per heavy atom. The van der Waals surface area contributed by atoms with E-state index in [2.05, 4.69) is 11.6 Å². The quantitative estimate of drug-likeness (QED) is 0.172. The molecule has 0 N–H and O–H groups in total. The SMILES string of the molecule is C=CC(=O)N1CCn2nc(-c3nc(-c4cn(C)cn4)c4ccsc4c3-c3c(F)cc(F)cc3OCCOC)cc2[C@@H]1C. The Hall–Kier alpha value is -4.42. The lowest BCUT2D eigenvalue weighted by Gasteiger charge is -2.33. The number of imidazole rings is 1. The number of benzene rings is 1. The Labute approximate surface area is 244 Å². The van der Waals surface area contributed by atoms with E-state index >= 15 is 4.39 Å². The Bertz CT molecular complexity index is 1830. The van der Waals surface area contributed by atoms with E-state index in [4.69, 9.17) is 19.6 Å². The first-order valence-corrected chi connectivity index (χ1v) is 14.2. The van der Waals surface area contributed by atoms with Gasteiger partial charge in [0.2, 0.25) is 5.91 Å². The largest absolute Gasteiger partial charge is 0.490 e. The van der Waals surface area contributed by atoms with Gasteiger partial charge in [0, 0.05) is 54.7 Å². The standard InChI is InChI=1S/C30H28F2N6O3S/c1-5-25(39)37-7-8-38-23(17(37)2)14-21(35-38)29-27(26-20(32)12-18(31)13-24(26)41-10-9-40-4)30-19(6-11-42-30)28(34-29)22-15-36(3)16-33-22/h5-6,11-17H,1,7-10H2,2-4H3/t17-/m0/s1. The number of amides is 1. The summed E-state index contributed by atoms with van der Waals surface area (Å²) >= 11 is 1.41. The molecule has 0 spiro atoms. The average molecular weight is 591 g/mol. The van der Waals surface area contributed by atoms with Crippen molar-refractivity contribution in [2.45, 2.75) is 19.5 Å². The van der Waals surface area contributed by atoms with Crippen molar-refractivity contribution in [1.29, 1.82) is 0 Å². The molecule has 6 rings (SSSR count). The maximum Gasteiger partial charge on any atom is 0.246 e. The number of ether oxygens (including phenoxy) is 2. The first-order chi connectivity index (χ1) is 20.3. The van der Waals surface area contributed by atoms with Crippen LogP contribution >= 0.6 is 11.3 Å². The molecule has 216 valence electrons. The third-order valence-corrected chi connectivity index (χ3v) is 8.26. The van der Waals surface area contributed by atoms with Crippen LogP contribution in [-0.4, -0.2) is 62.0 Å². The normalized spacial score (nSPS) is 14.8. The minimum atomic E-state index is -0.786. The van der Waals surface area contributed by atoms with E-state index in [9.17, 15) is 9.18 Å². The van der Waals surface area contributed by atoms with Crippen molar-refractivity contribution in [2.75, 3.05) is 26.9 Å². The van der Waals surface area contributed by atoms with Crippen molar-refractivity contribution in [3.05, 3.63) is 72.2 Å². The zero-order chi connectivity index (χ0) is 29.5. The second-order valence-corrected chi connectivity index (χ2v) is 10.9. The number of rotatable bonds is 8. The lowest BCUT2D eigenvalue weighted by Crippen LogP contribution is -2.40. The third kappa shape index (κ3) is 4.76. The summed E-state index contributed by atoms with van der Waals surface area (Å²) in [7, 11) is 3.39. The molecule has 0 bridgehead atoms. The number of halogens is 2. The van der Waals surface area contributed by atoms with Crippen LogP contribution in [0.25, 0.3) is 44.0 Å². The highest BCUT2D eigenvalue weighted by molar-refractivity contribution is 7.18. The Morgan fingerprint density at radius 1 is 1.17 bits per heavy atom. The van der Waals surface area contributed by atoms with Crippen LogP contribution in [0, 0.1) is 11.6 Å². The van der Waals surface area contributed by atoms with Crippen molar-refractivity contribution >= 4 is 27.3 Å². The van der Waals surface area contributed by atoms with Gasteiger partial charge in [0.05, 0.1) is 42.5 Å². The summed E-state index contributed by atoms with van der Waals surface area (Å²) < 4.78 is 45.7. The predicted molar refractivity (Wildman–Crippen MR) is 156 cm³/mol. The van der Waals surface area contributed by atoms with Gasteiger partial charge < -0.3 is 18.9 Å². The smallest absolute Gasteiger partial charge is 0.246 e. The molecule has 5 aromatic rings. The number of aryl methyl sites for hydroxylation is 1. The van der Waals surface area contributed by atoms with E-state index in [1.807, 2.05) is 46.9 Å². The molecule has 1 amide bonds. The molecule has 1 aliphatic rings. The van der Waals surface area contributed by atoms with Crippen LogP contribution in [0.1, 0.15) is 18.7 Å². The molecule has 0 fully saturated rings. The number of carbonyl (C=O) groups excluding carboxylic acids is 1. The molecule has 4 aromatic heterocycles. The summed E-state index contributed by atoms with van der Waals surface area (Å²) in [6.07, 6.45) is 4.85. The van der Waals surface area contributed by atoms with Crippen LogP contribution in [0.4, 0.5) is 8.78 Å². The van der Waals surface area contributed by atoms with E-state index < -0.39 is 11.6 Å². The minimum Gasteiger partial charge on any atom is -0.490 e. The van der Waals surface area contributed by atoms with Crippen molar-refractivity contribution in [2.24, 2.45) is 7.05 Å². The number of hydrogen-bond acceptors (Lipinski definition) is 7. The number of aromatic nitrogens is 5. The maximum atomic E-state index is 15.9. The topological polar surface area (TPSA) is 87.3 Å². The predicted octanol–water partition coefficient (Wildman–Crippen LogP) is 5.62. The maximum absolute atomic E-state index is 15.9. The van der Waals surface area contributed by atoms with E-state index in [0.717, 1.165) is 21.8 Å². The minimum absolute atomic E-state index is 0.0352. The summed E-state index contributed by atoms with van der Waals surface area (Å²) in [5.41, 5.74) is 3.45. The van der Waals surface area contributed by atoms with Gasteiger partial charge in [-0.3, -0.25) is 9.48 Å². The van der Waals surface area contributed by atoms with Crippen molar-refractivity contribution in [3.8, 4) is 39.7 Å². The van der Waals surface area contributed by atoms with Crippen LogP contribution in [0.5, 0.6) is 5.75 Å². The Morgan fingerprint density at radius 3 is 2.74 bits per heavy atom. The summed E-state index contributed by atoms with van der Waals surface area (Å²) in [5.74, 6) is -1.68. The van der Waals surface area contributed by atoms with Gasteiger partial charge in [-0.2, -0.15) is 5.10 Å². The summed E-state index contributed by atoms with van der Waals surface area (Å²) in [5, 5.41) is 7.54. The van der Waals surface area contributed by atoms with Crippen LogP contribution in [-0.2, 0) is 23.1 Å². The van der Waals surface area contributed by atoms with Crippen molar-refractivity contribution in [1.82, 2.24) is 29.2 Å². The second-order valence-electron chi connectivity index (χ2n) is 9.96. The number of carbonyl (C=O) groups is 1. The lowest BCUT2D eigenvalue weighted by atomic mass is 9.97. The molecule has 42 heavy (non-hydrogen) atoms. The first-order valence-electron chi connectivity index (χ1n) is 13.3. The van der Waals surface area contributed by atoms with Crippen LogP contribution in [0.3, 0.4) is 0 Å². The number of pyridine rings is 1. The fraction of sp³-hybridized carbons (Fsp3) is 0.267. The van der Waals surface area contributed by atoms with Gasteiger partial charge in [0.25, 0.3) is 0 Å². The number of methoxy groups -OCH3 is 1. The highest BCUT2D eigenvalue weighted by atomic mass is 32.1. The van der Waals surface area contributed by atoms with Crippen LogP contribution in [0.15, 0.2) is 54.8 Å². The molecule has 0 saturated heterocycles. The van der Waals surface area contributed by atoms with E-state index in [1.54, 1.807) is 11.2 Å². The third-order valence-electron chi connectivity index (χ3n) is 7.33. The summed E-state index contributed by atoms with van der Waals surface area (Å²) in [6.45, 7) is 6.82. The van der Waals surface area contributed by atoms with Gasteiger partial charge in [0.1, 0.15) is 41.1 Å². The van der Waals surface area contributed by atoms with Gasteiger partial charge in [-0.05, 0) is 30.5 Å². The van der Waals surface area contributed by atoms with E-state index in [-0.39, 0.29) is 36.5 Å². The number of thiophene rings is 1. The highest BCUT2D eigenvalue weighted by Crippen LogP contribution is 2.47. The summed E-state index contributed by atoms with van der Waals surface area (Å²) in [6, 6.07) is 5.52. The van der Waals surface area contributed by atoms with Gasteiger partial charge in [-0.1, -0.05) is 6.58 Å². The highest BCUT2D eigenvalue weighted by Gasteiger charge is 2.31. The first kappa shape index (κ1) is 27.7. The fourth-order valence-electron chi connectivity index (χ4n) is 5.35. The zero-order valence-corrected chi connectivity index (χ0v) is 24.1. The number of hydrogen-bond donors (Lipinski definition) is 0. The average Bonchev–Trinajstić information content (AvgIpc) is 3.72. The van der Waals surface area contributed by atoms with Crippen molar-refractivity contribution in [3.63, 3.8) is 0 Å². The lowest BCUT2D eigenvalue weighted by molar-refractivity contribution is -0.129. The molecule has 9 nitrogen and oxygen atoms in total. The van der Waals surface area contributed by atoms with Gasteiger partial charge >= 0.3 is 0 Å². The molecule has 0 unspecified atom stereocenters.